The molecule has 1 aliphatic rings. The Labute approximate surface area is 41.4 Å². The average molecular weight is 91.1 g/mol. The first-order valence-electron chi connectivity index (χ1n) is 1.92. The number of hydrogen-bond donors (Lipinski definition) is 0. The molecule has 0 unspecified atom stereocenters. The fourth-order valence-electron chi connectivity index (χ4n) is 0.383. The van der Waals surface area contributed by atoms with Gasteiger partial charge in [0.2, 0.25) is 0 Å². The van der Waals surface area contributed by atoms with Gasteiger partial charge in [-0.1, -0.05) is 11.8 Å². The van der Waals surface area contributed by atoms with Crippen molar-refractivity contribution in [2.24, 2.45) is 5.11 Å². The van der Waals surface area contributed by atoms with Crippen molar-refractivity contribution < 1.29 is 0 Å². The Kier molecular flexibility index (Phi) is 0.886. The van der Waals surface area contributed by atoms with Crippen LogP contribution in [0.4, 0.5) is 0 Å². The summed E-state index contributed by atoms with van der Waals surface area (Å²) in [7, 11) is 0. The van der Waals surface area contributed by atoms with Crippen LogP contribution in [-0.2, 0) is 0 Å². The lowest BCUT2D eigenvalue weighted by Crippen LogP contribution is -1.54. The number of allylic oxidation sites excluding steroid dienone is 2. The fraction of sp³-hybridized carbons (Fsp3) is 0. The molecule has 0 heterocycles. The van der Waals surface area contributed by atoms with Crippen LogP contribution in [0.3, 0.4) is 0 Å². The highest BCUT2D eigenvalue weighted by Gasteiger charge is 1.79. The Morgan fingerprint density at radius 1 is 1.71 bits per heavy atom. The zero-order chi connectivity index (χ0) is 5.11. The van der Waals surface area contributed by atoms with Gasteiger partial charge in [-0.25, -0.2) is 0 Å². The second-order valence-electron chi connectivity index (χ2n) is 1.16. The van der Waals surface area contributed by atoms with Crippen LogP contribution >= 0.6 is 0 Å². The maximum absolute atomic E-state index is 8.02. The summed E-state index contributed by atoms with van der Waals surface area (Å²) >= 11 is 0. The second kappa shape index (κ2) is 1.54. The monoisotopic (exact) mass is 91.0 g/mol. The summed E-state index contributed by atoms with van der Waals surface area (Å²) in [4.78, 5) is 0. The molecule has 2 heteroatoms. The molecule has 34 valence electrons. The van der Waals surface area contributed by atoms with E-state index < -0.39 is 0 Å². The molecule has 0 fully saturated rings. The van der Waals surface area contributed by atoms with E-state index in [0.717, 1.165) is 0 Å². The highest BCUT2D eigenvalue weighted by molar-refractivity contribution is 5.27. The molecule has 0 bridgehead atoms. The Balaban J connectivity index is 2.92. The maximum atomic E-state index is 8.02. The molecule has 1 rings (SSSR count). The van der Waals surface area contributed by atoms with Gasteiger partial charge in [-0.3, -0.25) is 0 Å². The summed E-state index contributed by atoms with van der Waals surface area (Å²) in [5.41, 5.74) is 11.2. The van der Waals surface area contributed by atoms with Gasteiger partial charge in [0.15, 0.2) is 0 Å². The van der Waals surface area contributed by atoms with Crippen molar-refractivity contribution in [3.63, 3.8) is 0 Å². The average Bonchev–Trinajstić information content (AvgIpc) is 2.14. The lowest BCUT2D eigenvalue weighted by atomic mass is 10.5. The first kappa shape index (κ1) is 4.03. The van der Waals surface area contributed by atoms with Gasteiger partial charge in [-0.05, 0) is 12.2 Å². The zero-order valence-electron chi connectivity index (χ0n) is 3.63. The van der Waals surface area contributed by atoms with Crippen molar-refractivity contribution in [1.82, 2.24) is 0 Å². The van der Waals surface area contributed by atoms with Gasteiger partial charge >= 0.3 is 0 Å². The molecule has 7 heavy (non-hydrogen) atoms. The van der Waals surface area contributed by atoms with Gasteiger partial charge in [0, 0.05) is 0 Å². The minimum absolute atomic E-state index is 0.486. The smallest absolute Gasteiger partial charge is 0.0830 e. The molecular formula is C5H3N2-. The third-order valence-electron chi connectivity index (χ3n) is 0.689. The lowest BCUT2D eigenvalue weighted by Gasteiger charge is -1.84. The Morgan fingerprint density at radius 2 is 2.57 bits per heavy atom. The van der Waals surface area contributed by atoms with Crippen LogP contribution in [0, 0.1) is 0 Å². The molecule has 1 aliphatic carbocycles. The lowest BCUT2D eigenvalue weighted by molar-refractivity contribution is 1.41. The van der Waals surface area contributed by atoms with Gasteiger partial charge in [0.1, 0.15) is 0 Å². The van der Waals surface area contributed by atoms with Crippen LogP contribution in [0.1, 0.15) is 0 Å². The summed E-state index contributed by atoms with van der Waals surface area (Å²) < 4.78 is 0. The van der Waals surface area contributed by atoms with Crippen LogP contribution in [0.2, 0.25) is 0 Å². The predicted octanol–water partition coefficient (Wildman–Crippen LogP) is 1.62. The van der Waals surface area contributed by atoms with Crippen LogP contribution in [0.25, 0.3) is 5.53 Å². The molecule has 0 aliphatic heterocycles. The van der Waals surface area contributed by atoms with Gasteiger partial charge in [0.05, 0.1) is 5.70 Å². The Bertz CT molecular complexity index is 171. The maximum Gasteiger partial charge on any atom is 0.0830 e. The van der Waals surface area contributed by atoms with E-state index in [9.17, 15) is 0 Å². The van der Waals surface area contributed by atoms with Gasteiger partial charge < -0.3 is 10.6 Å². The summed E-state index contributed by atoms with van der Waals surface area (Å²) in [6.07, 6.45) is 5.12. The minimum atomic E-state index is 0.486. The zero-order valence-corrected chi connectivity index (χ0v) is 3.63. The largest absolute Gasteiger partial charge is 0.706 e. The Hall–Kier alpha value is -1.14. The van der Waals surface area contributed by atoms with E-state index in [1.807, 2.05) is 0 Å². The van der Waals surface area contributed by atoms with Crippen LogP contribution in [-0.4, -0.2) is 0 Å². The second-order valence-corrected chi connectivity index (χ2v) is 1.16. The van der Waals surface area contributed by atoms with E-state index in [0.29, 0.717) is 5.70 Å². The van der Waals surface area contributed by atoms with E-state index >= 15 is 0 Å². The van der Waals surface area contributed by atoms with Crippen molar-refractivity contribution in [3.05, 3.63) is 35.2 Å². The topological polar surface area (TPSA) is 34.7 Å². The predicted molar refractivity (Wildman–Crippen MR) is 26.5 cm³/mol. The first-order chi connectivity index (χ1) is 3.43. The molecule has 0 aromatic heterocycles. The number of nitrogens with zero attached hydrogens (tertiary/aromatic N) is 2. The molecule has 0 saturated carbocycles. The molecule has 0 N–H and O–H groups in total. The van der Waals surface area contributed by atoms with Gasteiger partial charge in [0.25, 0.3) is 0 Å². The van der Waals surface area contributed by atoms with E-state index in [1.54, 1.807) is 18.2 Å². The molecule has 0 aromatic carbocycles. The molecule has 0 aromatic rings. The molecular weight excluding hydrogens is 88.1 g/mol. The summed E-state index contributed by atoms with van der Waals surface area (Å²) in [6, 6.07) is 0. The van der Waals surface area contributed by atoms with Crippen LogP contribution < -0.4 is 0 Å². The SMILES string of the molecule is [N-]=NC1=C=CC=C1. The standard InChI is InChI=1S/C5H3N2/c6-7-5-3-1-2-4-5/h1-3H/q-1. The highest BCUT2D eigenvalue weighted by Crippen LogP contribution is 2.00. The summed E-state index contributed by atoms with van der Waals surface area (Å²) in [6.45, 7) is 0. The fourth-order valence-corrected chi connectivity index (χ4v) is 0.383. The molecule has 0 saturated heterocycles. The molecule has 0 atom stereocenters. The van der Waals surface area contributed by atoms with Crippen LogP contribution in [0.5, 0.6) is 0 Å². The van der Waals surface area contributed by atoms with Crippen molar-refractivity contribution in [3.8, 4) is 0 Å². The highest BCUT2D eigenvalue weighted by atomic mass is 15.0. The van der Waals surface area contributed by atoms with E-state index in [4.69, 9.17) is 5.53 Å². The van der Waals surface area contributed by atoms with E-state index in [2.05, 4.69) is 10.8 Å². The van der Waals surface area contributed by atoms with Gasteiger partial charge in [-0.2, -0.15) is 0 Å². The van der Waals surface area contributed by atoms with Crippen molar-refractivity contribution in [2.45, 2.75) is 0 Å². The van der Waals surface area contributed by atoms with Crippen molar-refractivity contribution >= 4 is 0 Å². The quantitative estimate of drug-likeness (QED) is 0.347. The van der Waals surface area contributed by atoms with E-state index in [-0.39, 0.29) is 0 Å². The van der Waals surface area contributed by atoms with E-state index in [1.165, 1.54) is 0 Å². The number of hydrogen-bond acceptors (Lipinski definition) is 1. The minimum Gasteiger partial charge on any atom is -0.706 e. The third-order valence-corrected chi connectivity index (χ3v) is 0.689. The molecule has 0 spiro atoms. The first-order valence-corrected chi connectivity index (χ1v) is 1.92. The van der Waals surface area contributed by atoms with Gasteiger partial charge in [-0.15, -0.1) is 0 Å². The van der Waals surface area contributed by atoms with Crippen molar-refractivity contribution in [1.29, 1.82) is 0 Å². The molecule has 2 nitrogen and oxygen atoms in total. The van der Waals surface area contributed by atoms with Crippen molar-refractivity contribution in [2.75, 3.05) is 0 Å². The Morgan fingerprint density at radius 3 is 2.86 bits per heavy atom. The third kappa shape index (κ3) is 0.643. The molecule has 0 radical (unpaired) electrons. The van der Waals surface area contributed by atoms with Crippen LogP contribution in [0.15, 0.2) is 34.8 Å². The number of rotatable bonds is 1. The normalized spacial score (nSPS) is 14.6. The molecule has 0 amide bonds. The summed E-state index contributed by atoms with van der Waals surface area (Å²) in [5.74, 6) is 0. The summed E-state index contributed by atoms with van der Waals surface area (Å²) in [5, 5.41) is 2.88.